The first-order valence-corrected chi connectivity index (χ1v) is 9.20. The molecule has 138 valence electrons. The van der Waals surface area contributed by atoms with Gasteiger partial charge in [0, 0.05) is 25.1 Å². The summed E-state index contributed by atoms with van der Waals surface area (Å²) < 4.78 is 5.37. The Morgan fingerprint density at radius 3 is 2.65 bits per heavy atom. The van der Waals surface area contributed by atoms with Gasteiger partial charge in [-0.25, -0.2) is 0 Å². The summed E-state index contributed by atoms with van der Waals surface area (Å²) in [4.78, 5) is 30.8. The normalized spacial score (nSPS) is 14.3. The molecule has 0 atom stereocenters. The van der Waals surface area contributed by atoms with E-state index in [0.717, 1.165) is 18.5 Å². The highest BCUT2D eigenvalue weighted by Crippen LogP contribution is 2.18. The molecular weight excluding hydrogens is 330 g/mol. The van der Waals surface area contributed by atoms with Gasteiger partial charge in [-0.1, -0.05) is 18.9 Å². The molecule has 1 aliphatic rings. The van der Waals surface area contributed by atoms with Crippen molar-refractivity contribution in [3.8, 4) is 0 Å². The van der Waals surface area contributed by atoms with Crippen molar-refractivity contribution in [3.05, 3.63) is 54.2 Å². The number of pyridine rings is 1. The van der Waals surface area contributed by atoms with E-state index in [0.29, 0.717) is 18.8 Å². The fraction of sp³-hybridized carbons (Fsp3) is 0.450. The van der Waals surface area contributed by atoms with Crippen molar-refractivity contribution < 1.29 is 14.0 Å². The van der Waals surface area contributed by atoms with Gasteiger partial charge >= 0.3 is 0 Å². The Morgan fingerprint density at radius 1 is 1.12 bits per heavy atom. The fourth-order valence-electron chi connectivity index (χ4n) is 3.26. The highest BCUT2D eigenvalue weighted by Gasteiger charge is 2.20. The third-order valence-electron chi connectivity index (χ3n) is 4.64. The second-order valence-electron chi connectivity index (χ2n) is 6.70. The molecule has 2 amide bonds. The van der Waals surface area contributed by atoms with Gasteiger partial charge in [0.05, 0.1) is 25.0 Å². The van der Waals surface area contributed by atoms with Crippen molar-refractivity contribution >= 4 is 11.8 Å². The molecular formula is C20H25N3O3. The molecule has 26 heavy (non-hydrogen) atoms. The van der Waals surface area contributed by atoms with Crippen LogP contribution < -0.4 is 5.32 Å². The number of amides is 2. The van der Waals surface area contributed by atoms with E-state index in [1.165, 1.54) is 12.8 Å². The molecule has 0 unspecified atom stereocenters. The van der Waals surface area contributed by atoms with Gasteiger partial charge in [-0.3, -0.25) is 14.6 Å². The van der Waals surface area contributed by atoms with Crippen molar-refractivity contribution in [1.29, 1.82) is 0 Å². The minimum atomic E-state index is -0.0753. The Bertz CT molecular complexity index is 694. The van der Waals surface area contributed by atoms with E-state index in [2.05, 4.69) is 10.3 Å². The van der Waals surface area contributed by atoms with E-state index < -0.39 is 0 Å². The molecule has 0 aliphatic heterocycles. The van der Waals surface area contributed by atoms with Crippen LogP contribution in [-0.2, 0) is 22.7 Å². The molecule has 2 aromatic heterocycles. The smallest absolute Gasteiger partial charge is 0.223 e. The molecule has 6 nitrogen and oxygen atoms in total. The number of hydrogen-bond acceptors (Lipinski definition) is 4. The van der Waals surface area contributed by atoms with Crippen LogP contribution in [0.2, 0.25) is 0 Å². The number of nitrogens with one attached hydrogen (secondary N) is 1. The lowest BCUT2D eigenvalue weighted by Crippen LogP contribution is -2.35. The van der Waals surface area contributed by atoms with Crippen LogP contribution in [0.25, 0.3) is 0 Å². The quantitative estimate of drug-likeness (QED) is 0.790. The van der Waals surface area contributed by atoms with Gasteiger partial charge in [0.1, 0.15) is 5.76 Å². The van der Waals surface area contributed by atoms with Crippen LogP contribution in [-0.4, -0.2) is 27.7 Å². The second-order valence-corrected chi connectivity index (χ2v) is 6.70. The summed E-state index contributed by atoms with van der Waals surface area (Å²) in [5.41, 5.74) is 0.808. The first-order valence-electron chi connectivity index (χ1n) is 9.20. The van der Waals surface area contributed by atoms with Gasteiger partial charge in [-0.2, -0.15) is 0 Å². The zero-order chi connectivity index (χ0) is 18.2. The lowest BCUT2D eigenvalue weighted by molar-refractivity contribution is -0.135. The van der Waals surface area contributed by atoms with E-state index in [-0.39, 0.29) is 30.7 Å². The maximum absolute atomic E-state index is 12.7. The maximum atomic E-state index is 12.7. The maximum Gasteiger partial charge on any atom is 0.223 e. The van der Waals surface area contributed by atoms with Gasteiger partial charge in [-0.15, -0.1) is 0 Å². The molecule has 2 heterocycles. The zero-order valence-electron chi connectivity index (χ0n) is 14.9. The van der Waals surface area contributed by atoms with Crippen molar-refractivity contribution in [2.24, 2.45) is 0 Å². The molecule has 2 aromatic rings. The summed E-state index contributed by atoms with van der Waals surface area (Å²) in [6, 6.07) is 9.54. The number of aromatic nitrogens is 1. The Balaban J connectivity index is 1.55. The topological polar surface area (TPSA) is 75.4 Å². The van der Waals surface area contributed by atoms with Crippen LogP contribution >= 0.6 is 0 Å². The van der Waals surface area contributed by atoms with Crippen LogP contribution in [0.15, 0.2) is 47.2 Å². The monoisotopic (exact) mass is 355 g/mol. The first kappa shape index (κ1) is 18.2. The van der Waals surface area contributed by atoms with Crippen molar-refractivity contribution in [1.82, 2.24) is 15.2 Å². The van der Waals surface area contributed by atoms with Crippen molar-refractivity contribution in [2.45, 2.75) is 57.7 Å². The third kappa shape index (κ3) is 5.44. The zero-order valence-corrected chi connectivity index (χ0v) is 14.9. The van der Waals surface area contributed by atoms with Gasteiger partial charge in [-0.05, 0) is 37.1 Å². The highest BCUT2D eigenvalue weighted by atomic mass is 16.3. The lowest BCUT2D eigenvalue weighted by Gasteiger charge is -2.21. The van der Waals surface area contributed by atoms with Crippen LogP contribution in [0.5, 0.6) is 0 Å². The van der Waals surface area contributed by atoms with Gasteiger partial charge < -0.3 is 14.6 Å². The minimum absolute atomic E-state index is 0.0407. The summed E-state index contributed by atoms with van der Waals surface area (Å²) >= 11 is 0. The SMILES string of the molecule is O=C(CCC(=O)N(Cc1ccccn1)Cc1ccco1)NC1CCCC1. The second kappa shape index (κ2) is 9.17. The molecule has 1 fully saturated rings. The standard InChI is InChI=1S/C20H25N3O3/c24-19(22-16-6-1-2-7-16)10-11-20(25)23(15-18-9-5-13-26-18)14-17-8-3-4-12-21-17/h3-5,8-9,12-13,16H,1-2,6-7,10-11,14-15H2,(H,22,24). The molecule has 0 bridgehead atoms. The number of carbonyl (C=O) groups excluding carboxylic acids is 2. The van der Waals surface area contributed by atoms with E-state index in [4.69, 9.17) is 4.42 Å². The fourth-order valence-corrected chi connectivity index (χ4v) is 3.26. The lowest BCUT2D eigenvalue weighted by atomic mass is 10.2. The molecule has 3 rings (SSSR count). The molecule has 1 aliphatic carbocycles. The van der Waals surface area contributed by atoms with Gasteiger partial charge in [0.2, 0.25) is 11.8 Å². The predicted molar refractivity (Wildman–Crippen MR) is 96.8 cm³/mol. The third-order valence-corrected chi connectivity index (χ3v) is 4.64. The summed E-state index contributed by atoms with van der Waals surface area (Å²) in [5, 5.41) is 3.03. The van der Waals surface area contributed by atoms with Crippen LogP contribution in [0.4, 0.5) is 0 Å². The van der Waals surface area contributed by atoms with Gasteiger partial charge in [0.25, 0.3) is 0 Å². The van der Waals surface area contributed by atoms with E-state index in [1.807, 2.05) is 24.3 Å². The van der Waals surface area contributed by atoms with E-state index >= 15 is 0 Å². The molecule has 0 aromatic carbocycles. The number of hydrogen-bond donors (Lipinski definition) is 1. The Labute approximate surface area is 153 Å². The summed E-state index contributed by atoms with van der Waals surface area (Å²) in [5.74, 6) is 0.597. The number of nitrogens with zero attached hydrogens (tertiary/aromatic N) is 2. The average molecular weight is 355 g/mol. The average Bonchev–Trinajstić information content (AvgIpc) is 3.34. The van der Waals surface area contributed by atoms with Crippen LogP contribution in [0.3, 0.4) is 0 Å². The largest absolute Gasteiger partial charge is 0.467 e. The number of rotatable bonds is 8. The summed E-state index contributed by atoms with van der Waals surface area (Å²) in [7, 11) is 0. The Kier molecular flexibility index (Phi) is 6.41. The molecule has 1 saturated carbocycles. The van der Waals surface area contributed by atoms with Crippen LogP contribution in [0.1, 0.15) is 50.0 Å². The van der Waals surface area contributed by atoms with Crippen molar-refractivity contribution in [2.75, 3.05) is 0 Å². The van der Waals surface area contributed by atoms with E-state index in [1.54, 1.807) is 23.4 Å². The Morgan fingerprint density at radius 2 is 1.96 bits per heavy atom. The number of carbonyl (C=O) groups is 2. The molecule has 0 radical (unpaired) electrons. The molecule has 6 heteroatoms. The highest BCUT2D eigenvalue weighted by molar-refractivity contribution is 5.83. The van der Waals surface area contributed by atoms with Crippen molar-refractivity contribution in [3.63, 3.8) is 0 Å². The Hall–Kier alpha value is -2.63. The molecule has 0 saturated heterocycles. The molecule has 1 N–H and O–H groups in total. The summed E-state index contributed by atoms with van der Waals surface area (Å²) in [6.45, 7) is 0.761. The van der Waals surface area contributed by atoms with Gasteiger partial charge in [0.15, 0.2) is 0 Å². The summed E-state index contributed by atoms with van der Waals surface area (Å²) in [6.07, 6.45) is 8.13. The van der Waals surface area contributed by atoms with Crippen LogP contribution in [0, 0.1) is 0 Å². The minimum Gasteiger partial charge on any atom is -0.467 e. The van der Waals surface area contributed by atoms with E-state index in [9.17, 15) is 9.59 Å². The molecule has 0 spiro atoms. The predicted octanol–water partition coefficient (Wildman–Crippen LogP) is 3.04. The number of furan rings is 1. The first-order chi connectivity index (χ1) is 12.7.